The zero-order valence-corrected chi connectivity index (χ0v) is 73.6. The van der Waals surface area contributed by atoms with E-state index in [9.17, 15) is 0 Å². The van der Waals surface area contributed by atoms with Crippen molar-refractivity contribution >= 4 is 6.71 Å². The number of rotatable bonds is 9. The third-order valence-corrected chi connectivity index (χ3v) is 44.8. The highest BCUT2D eigenvalue weighted by Crippen LogP contribution is 2.72. The minimum absolute atomic E-state index is 0.390. The Morgan fingerprint density at radius 3 is 0.982 bits per heavy atom. The minimum Gasteiger partial charge on any atom is -0.295 e. The van der Waals surface area contributed by atoms with Gasteiger partial charge in [-0.1, -0.05) is 266 Å². The van der Waals surface area contributed by atoms with Gasteiger partial charge in [0, 0.05) is 72.5 Å². The van der Waals surface area contributed by atoms with E-state index in [4.69, 9.17) is 0 Å². The van der Waals surface area contributed by atoms with Crippen LogP contribution in [0.4, 0.5) is 0 Å². The molecule has 4 aliphatic heterocycles. The summed E-state index contributed by atoms with van der Waals surface area (Å²) < 4.78 is 0. The van der Waals surface area contributed by atoms with Crippen LogP contribution >= 0.6 is 0 Å². The minimum atomic E-state index is 0.390. The summed E-state index contributed by atoms with van der Waals surface area (Å²) >= 11 is 0. The van der Waals surface area contributed by atoms with Gasteiger partial charge in [0.05, 0.1) is 0 Å². The summed E-state index contributed by atoms with van der Waals surface area (Å²) in [5, 5.41) is 0. The van der Waals surface area contributed by atoms with Gasteiger partial charge in [-0.05, 0) is 324 Å². The van der Waals surface area contributed by atoms with Crippen LogP contribution in [0.5, 0.6) is 0 Å². The van der Waals surface area contributed by atoms with Crippen molar-refractivity contribution in [1.29, 1.82) is 0 Å². The van der Waals surface area contributed by atoms with Crippen molar-refractivity contribution in [2.75, 3.05) is 0 Å². The monoisotopic (exact) mass is 1520 g/mol. The molecule has 0 N–H and O–H groups in total. The van der Waals surface area contributed by atoms with Crippen molar-refractivity contribution in [3.8, 4) is 0 Å². The molecule has 18 saturated carbocycles. The molecular formula is C106H175BN4. The molecule has 18 aliphatic carbocycles. The zero-order chi connectivity index (χ0) is 74.1. The van der Waals surface area contributed by atoms with Gasteiger partial charge in [-0.3, -0.25) is 19.6 Å². The summed E-state index contributed by atoms with van der Waals surface area (Å²) in [5.74, 6) is 27.0. The summed E-state index contributed by atoms with van der Waals surface area (Å²) in [6.45, 7) is 17.7. The van der Waals surface area contributed by atoms with Crippen molar-refractivity contribution in [3.63, 3.8) is 0 Å². The van der Waals surface area contributed by atoms with Crippen molar-refractivity contribution in [2.45, 2.75) is 510 Å². The summed E-state index contributed by atoms with van der Waals surface area (Å²) in [6, 6.07) is 10.1. The van der Waals surface area contributed by atoms with E-state index in [1.807, 2.05) is 0 Å². The fraction of sp³-hybridized carbons (Fsp3) is 1.00. The molecular weight excluding hydrogens is 1340 g/mol. The molecule has 5 heteroatoms. The van der Waals surface area contributed by atoms with Gasteiger partial charge in [0.15, 0.2) is 6.71 Å². The Morgan fingerprint density at radius 2 is 0.541 bits per heavy atom. The van der Waals surface area contributed by atoms with Crippen molar-refractivity contribution in [2.24, 2.45) is 153 Å². The summed E-state index contributed by atoms with van der Waals surface area (Å²) in [7, 11) is 0. The fourth-order valence-electron chi connectivity index (χ4n) is 41.2. The maximum absolute atomic E-state index is 4.08. The molecule has 0 bridgehead atoms. The van der Waals surface area contributed by atoms with Gasteiger partial charge in [0.25, 0.3) is 0 Å². The SMILES string of the molecule is CC(C)(C)C1CC(C2CCCCC2)C(N2C3CCC(C4CCC5C6CCCC7CCCC(C8CCCC4C85)C76)CC3B3C4CCC(N5C6CCCCC6C6CCCCC65)CC4N(C4C(C5CCCCC5)CC(C(C)(C)C)CC4C4CCCCC4)C4CC(N5C6CCCCC6C6CCCCC65)CC2C34)C(C2CCCCC2)C1. The molecule has 622 valence electrons. The average Bonchev–Trinajstić information content (AvgIpc) is 1.27. The lowest BCUT2D eigenvalue weighted by molar-refractivity contribution is -0.161. The van der Waals surface area contributed by atoms with E-state index < -0.39 is 0 Å². The van der Waals surface area contributed by atoms with E-state index in [-0.39, 0.29) is 0 Å². The van der Waals surface area contributed by atoms with Gasteiger partial charge in [-0.25, -0.2) is 0 Å². The molecule has 22 rings (SSSR count). The first-order valence-electron chi connectivity index (χ1n) is 53.5. The highest BCUT2D eigenvalue weighted by molar-refractivity contribution is 6.65. The second-order valence-corrected chi connectivity index (χ2v) is 50.3. The van der Waals surface area contributed by atoms with Crippen LogP contribution in [0, 0.1) is 153 Å². The highest BCUT2D eigenvalue weighted by atomic mass is 15.3. The van der Waals surface area contributed by atoms with Crippen LogP contribution in [-0.2, 0) is 0 Å². The Bertz CT molecular complexity index is 2980. The molecule has 0 amide bonds. The predicted molar refractivity (Wildman–Crippen MR) is 465 cm³/mol. The maximum atomic E-state index is 4.08. The quantitative estimate of drug-likeness (QED) is 0.213. The van der Waals surface area contributed by atoms with Crippen LogP contribution in [0.3, 0.4) is 0 Å². The Morgan fingerprint density at radius 1 is 0.198 bits per heavy atom. The first-order valence-corrected chi connectivity index (χ1v) is 53.5. The second kappa shape index (κ2) is 31.7. The average molecular weight is 1520 g/mol. The summed E-state index contributed by atoms with van der Waals surface area (Å²) in [4.78, 5) is 15.5. The van der Waals surface area contributed by atoms with Gasteiger partial charge >= 0.3 is 0 Å². The second-order valence-electron chi connectivity index (χ2n) is 50.3. The van der Waals surface area contributed by atoms with Crippen molar-refractivity contribution in [3.05, 3.63) is 0 Å². The van der Waals surface area contributed by atoms with Crippen LogP contribution in [0.2, 0.25) is 17.5 Å². The van der Waals surface area contributed by atoms with Gasteiger partial charge in [0.1, 0.15) is 0 Å². The Hall–Kier alpha value is -0.0951. The van der Waals surface area contributed by atoms with Crippen LogP contribution in [-0.4, -0.2) is 98.8 Å². The molecule has 4 nitrogen and oxygen atoms in total. The predicted octanol–water partition coefficient (Wildman–Crippen LogP) is 27.4. The van der Waals surface area contributed by atoms with E-state index >= 15 is 0 Å². The van der Waals surface area contributed by atoms with Crippen molar-refractivity contribution in [1.82, 2.24) is 19.6 Å². The number of likely N-dealkylation sites (tertiary alicyclic amines) is 2. The van der Waals surface area contributed by atoms with E-state index in [1.165, 1.54) is 51.4 Å². The number of hydrogen-bond acceptors (Lipinski definition) is 4. The topological polar surface area (TPSA) is 13.0 Å². The van der Waals surface area contributed by atoms with Crippen LogP contribution in [0.1, 0.15) is 420 Å². The third kappa shape index (κ3) is 13.4. The molecule has 4 saturated heterocycles. The maximum Gasteiger partial charge on any atom is 0.156 e. The number of hydrogen-bond donors (Lipinski definition) is 0. The highest BCUT2D eigenvalue weighted by Gasteiger charge is 2.72. The Kier molecular flexibility index (Phi) is 22.0. The van der Waals surface area contributed by atoms with E-state index in [0.717, 1.165) is 239 Å². The lowest BCUT2D eigenvalue weighted by atomic mass is 9.18. The molecule has 0 aromatic heterocycles. The van der Waals surface area contributed by atoms with Gasteiger partial charge in [-0.2, -0.15) is 0 Å². The third-order valence-electron chi connectivity index (χ3n) is 44.8. The molecule has 31 unspecified atom stereocenters. The van der Waals surface area contributed by atoms with Crippen LogP contribution in [0.15, 0.2) is 0 Å². The van der Waals surface area contributed by atoms with Gasteiger partial charge < -0.3 is 0 Å². The van der Waals surface area contributed by atoms with E-state index in [2.05, 4.69) is 61.1 Å². The summed E-state index contributed by atoms with van der Waals surface area (Å²) in [6.07, 6.45) is 93.3. The normalized spacial score (nSPS) is 52.1. The smallest absolute Gasteiger partial charge is 0.156 e. The van der Waals surface area contributed by atoms with E-state index in [1.54, 1.807) is 327 Å². The van der Waals surface area contributed by atoms with Crippen LogP contribution < -0.4 is 0 Å². The molecule has 0 spiro atoms. The molecule has 31 atom stereocenters. The molecule has 0 aromatic rings. The van der Waals surface area contributed by atoms with Crippen LogP contribution in [0.25, 0.3) is 0 Å². The molecule has 22 aliphatic rings. The van der Waals surface area contributed by atoms with E-state index in [0.29, 0.717) is 10.8 Å². The first-order chi connectivity index (χ1) is 54.4. The fourth-order valence-corrected chi connectivity index (χ4v) is 41.2. The number of nitrogens with zero attached hydrogens (tertiary/aromatic N) is 4. The lowest BCUT2D eigenvalue weighted by Crippen LogP contribution is -2.78. The Labute approximate surface area is 685 Å². The van der Waals surface area contributed by atoms with Gasteiger partial charge in [0.2, 0.25) is 0 Å². The molecule has 111 heavy (non-hydrogen) atoms. The Balaban J connectivity index is 0.744. The molecule has 4 heterocycles. The molecule has 0 aromatic carbocycles. The first kappa shape index (κ1) is 77.0. The zero-order valence-electron chi connectivity index (χ0n) is 73.6. The largest absolute Gasteiger partial charge is 0.295 e. The molecule has 22 fully saturated rings. The van der Waals surface area contributed by atoms with Gasteiger partial charge in [-0.15, -0.1) is 0 Å². The van der Waals surface area contributed by atoms with Crippen molar-refractivity contribution < 1.29 is 0 Å². The standard InChI is InChI=1S/C106H175BN4/c1-105(2,3)72-59-86(66-30-11-7-12-31-66)103(87(60-72)67-32-13-8-14-33-67)110-96-57-52-71(76-54-55-85-83-45-28-39-70-38-27-44-82(100(70)83)84-47-29-46-81(76)101(84)85)58-91(96)107-90-56-53-74(108-92-48-23-19-40-77(92)78-41-20-24-49-93(78)108)63-97(90)111(99-65-75(64-98(110)102(99)107)109-94-50-25-21-42-79(94)80-43-22-26-51-95(80)109)104-88(68-34-15-9-16-35-68)61-73(106(4,5)6)62-89(104)69-36-17-10-18-37-69/h66-104H,7-65H2,1-6H3. The number of fused-ring (bicyclic) bond motifs is 12. The lowest BCUT2D eigenvalue weighted by Gasteiger charge is -2.73. The molecule has 0 radical (unpaired) electrons. The summed E-state index contributed by atoms with van der Waals surface area (Å²) in [5.41, 5.74) is 0.785.